The first-order valence-electron chi connectivity index (χ1n) is 10.5. The van der Waals surface area contributed by atoms with Crippen molar-refractivity contribution in [2.24, 2.45) is 11.3 Å². The number of ketones is 2. The van der Waals surface area contributed by atoms with Gasteiger partial charge in [-0.15, -0.1) is 0 Å². The zero-order valence-electron chi connectivity index (χ0n) is 17.5. The van der Waals surface area contributed by atoms with Crippen LogP contribution in [0, 0.1) is 11.3 Å². The quantitative estimate of drug-likeness (QED) is 0.463. The third-order valence-corrected chi connectivity index (χ3v) is 14.0. The van der Waals surface area contributed by atoms with Crippen LogP contribution in [0.5, 0.6) is 0 Å². The maximum absolute atomic E-state index is 13.4. The number of hydrogen-bond acceptors (Lipinski definition) is 3. The van der Waals surface area contributed by atoms with E-state index in [0.717, 1.165) is 18.4 Å². The molecule has 4 heteroatoms. The Morgan fingerprint density at radius 2 is 1.58 bits per heavy atom. The van der Waals surface area contributed by atoms with Crippen molar-refractivity contribution in [3.63, 3.8) is 0 Å². The van der Waals surface area contributed by atoms with Gasteiger partial charge in [0.1, 0.15) is 11.4 Å². The summed E-state index contributed by atoms with van der Waals surface area (Å²) in [6, 6.07) is 0. The molecular weight excluding hydrogens is 340 g/mol. The highest BCUT2D eigenvalue weighted by molar-refractivity contribution is 6.78. The van der Waals surface area contributed by atoms with Crippen LogP contribution in [0.4, 0.5) is 0 Å². The van der Waals surface area contributed by atoms with E-state index in [1.807, 2.05) is 0 Å². The van der Waals surface area contributed by atoms with Gasteiger partial charge in [-0.2, -0.15) is 0 Å². The largest absolute Gasteiger partial charge is 0.400 e. The van der Waals surface area contributed by atoms with Gasteiger partial charge in [-0.3, -0.25) is 9.59 Å². The molecule has 0 aromatic heterocycles. The predicted molar refractivity (Wildman–Crippen MR) is 108 cm³/mol. The summed E-state index contributed by atoms with van der Waals surface area (Å²) in [5, 5.41) is 0. The summed E-state index contributed by atoms with van der Waals surface area (Å²) in [6.45, 7) is 17.9. The zero-order valence-corrected chi connectivity index (χ0v) is 18.5. The summed E-state index contributed by atoms with van der Waals surface area (Å²) in [7, 11) is -2.21. The molecule has 2 bridgehead atoms. The van der Waals surface area contributed by atoms with E-state index in [2.05, 4.69) is 48.1 Å². The fraction of sp³-hybridized carbons (Fsp3) is 0.818. The number of carbonyl (C=O) groups excluding carboxylic acids is 2. The summed E-state index contributed by atoms with van der Waals surface area (Å²) in [5.41, 5.74) is 0.904. The molecule has 0 aliphatic heterocycles. The zero-order chi connectivity index (χ0) is 19.5. The Hall–Kier alpha value is -0.743. The van der Waals surface area contributed by atoms with Gasteiger partial charge >= 0.3 is 0 Å². The van der Waals surface area contributed by atoms with Crippen molar-refractivity contribution >= 4 is 19.9 Å². The molecule has 0 saturated heterocycles. The lowest BCUT2D eigenvalue weighted by atomic mass is 9.47. The molecule has 4 saturated carbocycles. The van der Waals surface area contributed by atoms with Crippen LogP contribution in [0.1, 0.15) is 80.1 Å². The smallest absolute Gasteiger partial charge is 0.202 e. The van der Waals surface area contributed by atoms with Gasteiger partial charge < -0.3 is 4.43 Å². The Balaban J connectivity index is 2.05. The van der Waals surface area contributed by atoms with Crippen LogP contribution < -0.4 is 0 Å². The number of hydrogen-bond donors (Lipinski definition) is 0. The number of fused-ring (bicyclic) bond motifs is 2. The van der Waals surface area contributed by atoms with Crippen molar-refractivity contribution in [1.29, 1.82) is 0 Å². The van der Waals surface area contributed by atoms with Crippen LogP contribution in [0.3, 0.4) is 0 Å². The molecule has 3 atom stereocenters. The van der Waals surface area contributed by atoms with Gasteiger partial charge in [0, 0.05) is 18.3 Å². The molecule has 4 rings (SSSR count). The van der Waals surface area contributed by atoms with Crippen LogP contribution >= 0.6 is 0 Å². The van der Waals surface area contributed by atoms with E-state index in [4.69, 9.17) is 4.43 Å². The first-order chi connectivity index (χ1) is 12.0. The second-order valence-electron chi connectivity index (χ2n) is 10.00. The Labute approximate surface area is 160 Å². The van der Waals surface area contributed by atoms with Gasteiger partial charge in [0.15, 0.2) is 5.78 Å². The highest BCUT2D eigenvalue weighted by Crippen LogP contribution is 2.62. The van der Waals surface area contributed by atoms with Crippen molar-refractivity contribution in [2.45, 2.75) is 102 Å². The Kier molecular flexibility index (Phi) is 4.93. The Bertz CT molecular complexity index is 592. The molecule has 0 aromatic rings. The van der Waals surface area contributed by atoms with Gasteiger partial charge in [-0.1, -0.05) is 48.1 Å². The van der Waals surface area contributed by atoms with Crippen LogP contribution in [-0.2, 0) is 14.0 Å². The lowest BCUT2D eigenvalue weighted by Gasteiger charge is -2.61. The van der Waals surface area contributed by atoms with Crippen molar-refractivity contribution in [2.75, 3.05) is 0 Å². The molecule has 3 nitrogen and oxygen atoms in total. The molecule has 0 heterocycles. The second kappa shape index (κ2) is 6.41. The lowest BCUT2D eigenvalue weighted by Crippen LogP contribution is -2.67. The minimum absolute atomic E-state index is 0.138. The highest BCUT2D eigenvalue weighted by Gasteiger charge is 2.67. The Morgan fingerprint density at radius 1 is 1.00 bits per heavy atom. The van der Waals surface area contributed by atoms with Crippen LogP contribution in [-0.4, -0.2) is 25.5 Å². The van der Waals surface area contributed by atoms with E-state index in [1.54, 1.807) is 0 Å². The third kappa shape index (κ3) is 2.47. The van der Waals surface area contributed by atoms with Gasteiger partial charge in [0.05, 0.1) is 0 Å². The van der Waals surface area contributed by atoms with E-state index in [-0.39, 0.29) is 5.78 Å². The van der Waals surface area contributed by atoms with Gasteiger partial charge in [0.25, 0.3) is 0 Å². The topological polar surface area (TPSA) is 43.4 Å². The summed E-state index contributed by atoms with van der Waals surface area (Å²) in [6.07, 6.45) is 4.39. The normalized spacial score (nSPS) is 35.0. The predicted octanol–water partition coefficient (Wildman–Crippen LogP) is 5.60. The molecule has 146 valence electrons. The lowest BCUT2D eigenvalue weighted by molar-refractivity contribution is -0.165. The average molecular weight is 377 g/mol. The van der Waals surface area contributed by atoms with E-state index in [9.17, 15) is 9.59 Å². The SMILES string of the molecule is C=C1CC23CC(=O)C1(O[Si](C(C)C)(C(C)C)C(C)C)CC2CCCC3=O. The van der Waals surface area contributed by atoms with E-state index in [0.29, 0.717) is 54.0 Å². The molecule has 0 amide bonds. The van der Waals surface area contributed by atoms with Crippen LogP contribution in [0.2, 0.25) is 16.6 Å². The Morgan fingerprint density at radius 3 is 2.08 bits per heavy atom. The average Bonchev–Trinajstić information content (AvgIpc) is 2.53. The minimum Gasteiger partial charge on any atom is -0.400 e. The maximum Gasteiger partial charge on any atom is 0.202 e. The molecule has 4 aliphatic carbocycles. The van der Waals surface area contributed by atoms with E-state index >= 15 is 0 Å². The van der Waals surface area contributed by atoms with E-state index < -0.39 is 19.3 Å². The molecule has 4 aliphatic rings. The molecule has 0 N–H and O–H groups in total. The molecule has 0 aromatic carbocycles. The van der Waals surface area contributed by atoms with Crippen molar-refractivity contribution in [3.05, 3.63) is 12.2 Å². The summed E-state index contributed by atoms with van der Waals surface area (Å²) in [5.74, 6) is 0.737. The number of rotatable bonds is 5. The highest BCUT2D eigenvalue weighted by atomic mass is 28.4. The minimum atomic E-state index is -2.21. The van der Waals surface area contributed by atoms with Gasteiger partial charge in [0.2, 0.25) is 8.32 Å². The molecule has 26 heavy (non-hydrogen) atoms. The first-order valence-corrected chi connectivity index (χ1v) is 12.6. The molecular formula is C22H36O3Si. The molecule has 1 spiro atoms. The summed E-state index contributed by atoms with van der Waals surface area (Å²) in [4.78, 5) is 26.2. The molecule has 4 fully saturated rings. The van der Waals surface area contributed by atoms with Crippen molar-refractivity contribution in [1.82, 2.24) is 0 Å². The van der Waals surface area contributed by atoms with E-state index in [1.165, 1.54) is 0 Å². The summed E-state index contributed by atoms with van der Waals surface area (Å²) < 4.78 is 7.12. The summed E-state index contributed by atoms with van der Waals surface area (Å²) >= 11 is 0. The van der Waals surface area contributed by atoms with Crippen LogP contribution in [0.15, 0.2) is 12.2 Å². The van der Waals surface area contributed by atoms with Crippen LogP contribution in [0.25, 0.3) is 0 Å². The van der Waals surface area contributed by atoms with Gasteiger partial charge in [-0.05, 0) is 53.8 Å². The van der Waals surface area contributed by atoms with Crippen molar-refractivity contribution < 1.29 is 14.0 Å². The number of carbonyl (C=O) groups is 2. The monoisotopic (exact) mass is 376 g/mol. The fourth-order valence-electron chi connectivity index (χ4n) is 6.69. The fourth-order valence-corrected chi connectivity index (χ4v) is 12.3. The van der Waals surface area contributed by atoms with Crippen molar-refractivity contribution in [3.8, 4) is 0 Å². The molecule has 3 unspecified atom stereocenters. The first kappa shape index (κ1) is 20.0. The second-order valence-corrected chi connectivity index (χ2v) is 15.4. The van der Waals surface area contributed by atoms with Gasteiger partial charge in [-0.25, -0.2) is 0 Å². The maximum atomic E-state index is 13.4. The standard InChI is InChI=1S/C22H36O3Si/c1-14(2)26(15(3)4,16(5)6)25-22-12-18-9-8-10-19(23)21(18,11-17(22)7)13-20(22)24/h14-16,18H,7-13H2,1-6H3. The third-order valence-electron chi connectivity index (χ3n) is 7.91. The number of Topliss-reactive ketones (excluding diaryl/α,β-unsaturated/α-hetero) is 2. The molecule has 0 radical (unpaired) electrons.